The fraction of sp³-hybridized carbons (Fsp3) is 0.476. The van der Waals surface area contributed by atoms with E-state index in [1.54, 1.807) is 12.1 Å². The number of hydrogen-bond donors (Lipinski definition) is 0. The molecule has 7 heteroatoms. The van der Waals surface area contributed by atoms with E-state index < -0.39 is 9.84 Å². The van der Waals surface area contributed by atoms with Crippen molar-refractivity contribution in [3.8, 4) is 0 Å². The highest BCUT2D eigenvalue weighted by atomic mass is 32.2. The molecule has 0 atom stereocenters. The largest absolute Gasteiger partial charge is 0.471 e. The molecular formula is C21H26N2O4S. The average Bonchev–Trinajstić information content (AvgIpc) is 3.31. The van der Waals surface area contributed by atoms with Crippen molar-refractivity contribution in [2.75, 3.05) is 13.2 Å². The summed E-state index contributed by atoms with van der Waals surface area (Å²) in [5.41, 5.74) is 1.54. The minimum Gasteiger partial charge on any atom is -0.471 e. The van der Waals surface area contributed by atoms with Crippen LogP contribution in [0.2, 0.25) is 0 Å². The average molecular weight is 403 g/mol. The summed E-state index contributed by atoms with van der Waals surface area (Å²) in [6.07, 6.45) is 4.70. The van der Waals surface area contributed by atoms with Gasteiger partial charge in [0.25, 0.3) is 0 Å². The van der Waals surface area contributed by atoms with Crippen LogP contribution in [0.3, 0.4) is 0 Å². The van der Waals surface area contributed by atoms with Gasteiger partial charge >= 0.3 is 0 Å². The molecule has 28 heavy (non-hydrogen) atoms. The van der Waals surface area contributed by atoms with Gasteiger partial charge in [0.1, 0.15) is 17.0 Å². The van der Waals surface area contributed by atoms with Gasteiger partial charge in [0.15, 0.2) is 0 Å². The van der Waals surface area contributed by atoms with Gasteiger partial charge in [0.05, 0.1) is 22.2 Å². The number of aromatic nitrogens is 2. The fourth-order valence-electron chi connectivity index (χ4n) is 3.76. The van der Waals surface area contributed by atoms with Gasteiger partial charge in [-0.1, -0.05) is 20.8 Å². The molecule has 0 bridgehead atoms. The summed E-state index contributed by atoms with van der Waals surface area (Å²) in [5, 5.41) is 0. The molecule has 150 valence electrons. The van der Waals surface area contributed by atoms with Crippen molar-refractivity contribution >= 4 is 20.9 Å². The Bertz CT molecular complexity index is 1070. The molecule has 1 fully saturated rings. The third-order valence-corrected chi connectivity index (χ3v) is 7.02. The second-order valence-corrected chi connectivity index (χ2v) is 10.4. The molecule has 1 aromatic carbocycles. The smallest absolute Gasteiger partial charge is 0.209 e. The summed E-state index contributed by atoms with van der Waals surface area (Å²) < 4.78 is 38.4. The second-order valence-electron chi connectivity index (χ2n) is 8.46. The van der Waals surface area contributed by atoms with Gasteiger partial charge in [0, 0.05) is 25.2 Å². The van der Waals surface area contributed by atoms with E-state index in [2.05, 4.69) is 25.3 Å². The van der Waals surface area contributed by atoms with E-state index in [1.165, 1.54) is 18.6 Å². The Morgan fingerprint density at radius 3 is 2.54 bits per heavy atom. The molecule has 1 aliphatic heterocycles. The van der Waals surface area contributed by atoms with Gasteiger partial charge in [-0.2, -0.15) is 0 Å². The van der Waals surface area contributed by atoms with Crippen LogP contribution >= 0.6 is 0 Å². The SMILES string of the molecule is CC(C)(C)c1nc2cc(S(=O)(=O)c3ccoc3)ccc2n1CC1CCOCC1. The summed E-state index contributed by atoms with van der Waals surface area (Å²) >= 11 is 0. The maximum atomic E-state index is 12.8. The number of sulfone groups is 1. The van der Waals surface area contributed by atoms with E-state index in [0.29, 0.717) is 11.4 Å². The number of ether oxygens (including phenoxy) is 1. The van der Waals surface area contributed by atoms with Crippen LogP contribution in [-0.4, -0.2) is 31.2 Å². The van der Waals surface area contributed by atoms with Crippen LogP contribution < -0.4 is 0 Å². The Morgan fingerprint density at radius 2 is 1.89 bits per heavy atom. The maximum Gasteiger partial charge on any atom is 0.209 e. The van der Waals surface area contributed by atoms with E-state index in [9.17, 15) is 8.42 Å². The number of fused-ring (bicyclic) bond motifs is 1. The van der Waals surface area contributed by atoms with E-state index in [4.69, 9.17) is 14.1 Å². The quantitative estimate of drug-likeness (QED) is 0.654. The monoisotopic (exact) mass is 402 g/mol. The number of benzene rings is 1. The van der Waals surface area contributed by atoms with Crippen LogP contribution in [0.1, 0.15) is 39.4 Å². The summed E-state index contributed by atoms with van der Waals surface area (Å²) in [6.45, 7) is 8.89. The first-order valence-corrected chi connectivity index (χ1v) is 11.1. The number of furan rings is 1. The van der Waals surface area contributed by atoms with Crippen molar-refractivity contribution in [2.24, 2.45) is 5.92 Å². The van der Waals surface area contributed by atoms with Gasteiger partial charge in [-0.3, -0.25) is 0 Å². The Labute approximate surface area is 165 Å². The topological polar surface area (TPSA) is 74.3 Å². The maximum absolute atomic E-state index is 12.8. The van der Waals surface area contributed by atoms with Crippen LogP contribution in [0, 0.1) is 5.92 Å². The first-order chi connectivity index (χ1) is 13.3. The zero-order valence-electron chi connectivity index (χ0n) is 16.5. The number of hydrogen-bond acceptors (Lipinski definition) is 5. The Hall–Kier alpha value is -2.12. The van der Waals surface area contributed by atoms with Gasteiger partial charge < -0.3 is 13.7 Å². The number of rotatable bonds is 4. The van der Waals surface area contributed by atoms with Crippen LogP contribution in [0.25, 0.3) is 11.0 Å². The predicted molar refractivity (Wildman–Crippen MR) is 106 cm³/mol. The van der Waals surface area contributed by atoms with Crippen LogP contribution in [0.4, 0.5) is 0 Å². The van der Waals surface area contributed by atoms with Gasteiger partial charge in [-0.05, 0) is 43.0 Å². The van der Waals surface area contributed by atoms with Gasteiger partial charge in [-0.25, -0.2) is 13.4 Å². The van der Waals surface area contributed by atoms with Gasteiger partial charge in [0.2, 0.25) is 9.84 Å². The lowest BCUT2D eigenvalue weighted by molar-refractivity contribution is 0.0611. The highest BCUT2D eigenvalue weighted by molar-refractivity contribution is 7.91. The molecule has 0 N–H and O–H groups in total. The number of imidazole rings is 1. The summed E-state index contributed by atoms with van der Waals surface area (Å²) in [7, 11) is -3.61. The van der Waals surface area contributed by atoms with Crippen molar-refractivity contribution in [2.45, 2.75) is 55.4 Å². The van der Waals surface area contributed by atoms with Crippen molar-refractivity contribution < 1.29 is 17.6 Å². The van der Waals surface area contributed by atoms with E-state index in [1.807, 2.05) is 6.07 Å². The van der Waals surface area contributed by atoms with Crippen LogP contribution in [0.15, 0.2) is 51.0 Å². The molecule has 0 spiro atoms. The summed E-state index contributed by atoms with van der Waals surface area (Å²) in [6, 6.07) is 6.68. The second kappa shape index (κ2) is 7.04. The molecule has 6 nitrogen and oxygen atoms in total. The van der Waals surface area contributed by atoms with E-state index in [0.717, 1.165) is 43.9 Å². The normalized spacial score (nSPS) is 16.7. The molecule has 3 aromatic rings. The van der Waals surface area contributed by atoms with Crippen molar-refractivity contribution in [1.29, 1.82) is 0 Å². The van der Waals surface area contributed by atoms with E-state index in [-0.39, 0.29) is 15.2 Å². The lowest BCUT2D eigenvalue weighted by atomic mass is 9.94. The Morgan fingerprint density at radius 1 is 1.14 bits per heavy atom. The minimum absolute atomic E-state index is 0.145. The molecule has 0 saturated carbocycles. The minimum atomic E-state index is -3.61. The zero-order valence-corrected chi connectivity index (χ0v) is 17.3. The first kappa shape index (κ1) is 19.2. The molecule has 0 unspecified atom stereocenters. The highest BCUT2D eigenvalue weighted by Crippen LogP contribution is 2.31. The molecule has 3 heterocycles. The van der Waals surface area contributed by atoms with Crippen molar-refractivity contribution in [3.63, 3.8) is 0 Å². The molecule has 0 amide bonds. The lowest BCUT2D eigenvalue weighted by Gasteiger charge is -2.26. The zero-order chi connectivity index (χ0) is 19.9. The van der Waals surface area contributed by atoms with Crippen molar-refractivity contribution in [3.05, 3.63) is 42.6 Å². The predicted octanol–water partition coefficient (Wildman–Crippen LogP) is 4.19. The molecule has 1 aliphatic rings. The molecule has 0 aliphatic carbocycles. The lowest BCUT2D eigenvalue weighted by Crippen LogP contribution is -2.25. The molecule has 2 aromatic heterocycles. The van der Waals surface area contributed by atoms with E-state index >= 15 is 0 Å². The first-order valence-electron chi connectivity index (χ1n) is 9.62. The van der Waals surface area contributed by atoms with Crippen LogP contribution in [0.5, 0.6) is 0 Å². The molecule has 1 saturated heterocycles. The number of nitrogens with zero attached hydrogens (tertiary/aromatic N) is 2. The van der Waals surface area contributed by atoms with Crippen molar-refractivity contribution in [1.82, 2.24) is 9.55 Å². The van der Waals surface area contributed by atoms with Gasteiger partial charge in [-0.15, -0.1) is 0 Å². The fourth-order valence-corrected chi connectivity index (χ4v) is 4.97. The Balaban J connectivity index is 1.80. The Kier molecular flexibility index (Phi) is 4.83. The summed E-state index contributed by atoms with van der Waals surface area (Å²) in [4.78, 5) is 5.24. The third-order valence-electron chi connectivity index (χ3n) is 5.29. The standard InChI is InChI=1S/C21H26N2O4S/c1-21(2,3)20-22-18-12-16(28(24,25)17-8-11-27-14-17)4-5-19(18)23(20)13-15-6-9-26-10-7-15/h4-5,8,11-12,14-15H,6-7,9-10,13H2,1-3H3. The van der Waals surface area contributed by atoms with Crippen LogP contribution in [-0.2, 0) is 26.5 Å². The third kappa shape index (κ3) is 3.49. The highest BCUT2D eigenvalue weighted by Gasteiger charge is 2.27. The summed E-state index contributed by atoms with van der Waals surface area (Å²) in [5.74, 6) is 1.52. The molecule has 4 rings (SSSR count). The molecule has 0 radical (unpaired) electrons. The molecular weight excluding hydrogens is 376 g/mol.